The summed E-state index contributed by atoms with van der Waals surface area (Å²) in [5, 5.41) is 0. The normalized spacial score (nSPS) is 10.1. The Balaban J connectivity index is 2.95. The molecule has 1 aromatic carbocycles. The van der Waals surface area contributed by atoms with Crippen molar-refractivity contribution in [2.24, 2.45) is 5.92 Å². The number of hydrogen-bond donors (Lipinski definition) is 0. The van der Waals surface area contributed by atoms with Crippen molar-refractivity contribution in [1.29, 1.82) is 0 Å². The zero-order valence-corrected chi connectivity index (χ0v) is 7.97. The molecule has 0 atom stereocenters. The lowest BCUT2D eigenvalue weighted by Gasteiger charge is -2.05. The predicted octanol–water partition coefficient (Wildman–Crippen LogP) is 3.01. The van der Waals surface area contributed by atoms with Crippen LogP contribution in [0.3, 0.4) is 0 Å². The van der Waals surface area contributed by atoms with Crippen molar-refractivity contribution >= 4 is 0 Å². The molecule has 0 saturated heterocycles. The quantitative estimate of drug-likeness (QED) is 0.608. The van der Waals surface area contributed by atoms with Crippen LogP contribution < -0.4 is 0 Å². The molecule has 1 heteroatoms. The van der Waals surface area contributed by atoms with Crippen LogP contribution in [0.5, 0.6) is 0 Å². The molecular weight excluding hydrogens is 163 g/mol. The first-order chi connectivity index (χ1) is 6.13. The minimum atomic E-state index is -0.310. The van der Waals surface area contributed by atoms with Gasteiger partial charge in [0.15, 0.2) is 0 Å². The van der Waals surface area contributed by atoms with E-state index in [2.05, 4.69) is 19.8 Å². The van der Waals surface area contributed by atoms with E-state index < -0.39 is 0 Å². The van der Waals surface area contributed by atoms with Crippen molar-refractivity contribution in [3.05, 3.63) is 35.1 Å². The Kier molecular flexibility index (Phi) is 3.08. The molecule has 0 aliphatic heterocycles. The van der Waals surface area contributed by atoms with Crippen LogP contribution in [0.4, 0.5) is 4.39 Å². The molecular formula is C12H13F. The van der Waals surface area contributed by atoms with Gasteiger partial charge in [0.1, 0.15) is 5.82 Å². The third-order valence-electron chi connectivity index (χ3n) is 1.83. The van der Waals surface area contributed by atoms with Gasteiger partial charge in [-0.1, -0.05) is 25.8 Å². The average molecular weight is 176 g/mol. The number of terminal acetylenes is 1. The fourth-order valence-electron chi connectivity index (χ4n) is 1.28. The molecule has 0 nitrogen and oxygen atoms in total. The van der Waals surface area contributed by atoms with Crippen LogP contribution in [-0.2, 0) is 6.42 Å². The summed E-state index contributed by atoms with van der Waals surface area (Å²) in [5.41, 5.74) is 1.46. The van der Waals surface area contributed by atoms with Gasteiger partial charge in [0.2, 0.25) is 0 Å². The summed E-state index contributed by atoms with van der Waals surface area (Å²) in [6, 6.07) is 4.97. The molecule has 0 amide bonds. The Bertz CT molecular complexity index is 331. The van der Waals surface area contributed by atoms with E-state index in [1.54, 1.807) is 12.1 Å². The van der Waals surface area contributed by atoms with Gasteiger partial charge in [0.05, 0.1) is 5.56 Å². The Morgan fingerprint density at radius 1 is 1.46 bits per heavy atom. The molecule has 1 aromatic rings. The minimum Gasteiger partial charge on any atom is -0.206 e. The number of rotatable bonds is 2. The summed E-state index contributed by atoms with van der Waals surface area (Å²) >= 11 is 0. The van der Waals surface area contributed by atoms with E-state index in [0.29, 0.717) is 11.5 Å². The molecule has 13 heavy (non-hydrogen) atoms. The lowest BCUT2D eigenvalue weighted by atomic mass is 10.0. The fraction of sp³-hybridized carbons (Fsp3) is 0.333. The highest BCUT2D eigenvalue weighted by atomic mass is 19.1. The maximum absolute atomic E-state index is 13.0. The summed E-state index contributed by atoms with van der Waals surface area (Å²) in [5.74, 6) is 2.59. The molecule has 0 aliphatic rings. The van der Waals surface area contributed by atoms with Crippen LogP contribution in [-0.4, -0.2) is 0 Å². The number of halogens is 1. The zero-order valence-electron chi connectivity index (χ0n) is 7.97. The lowest BCUT2D eigenvalue weighted by molar-refractivity contribution is 0.617. The van der Waals surface area contributed by atoms with E-state index in [1.807, 2.05) is 0 Å². The van der Waals surface area contributed by atoms with Gasteiger partial charge in [-0.3, -0.25) is 0 Å². The maximum atomic E-state index is 13.0. The summed E-state index contributed by atoms with van der Waals surface area (Å²) in [6.07, 6.45) is 6.10. The van der Waals surface area contributed by atoms with Crippen molar-refractivity contribution < 1.29 is 4.39 Å². The first kappa shape index (κ1) is 9.80. The third-order valence-corrected chi connectivity index (χ3v) is 1.83. The molecule has 0 fully saturated rings. The molecule has 0 saturated carbocycles. The van der Waals surface area contributed by atoms with Gasteiger partial charge in [-0.25, -0.2) is 4.39 Å². The summed E-state index contributed by atoms with van der Waals surface area (Å²) in [4.78, 5) is 0. The standard InChI is InChI=1S/C12H13F/c1-4-11-8-10(7-9(2)3)5-6-12(11)13/h1,5-6,8-9H,7H2,2-3H3. The van der Waals surface area contributed by atoms with E-state index >= 15 is 0 Å². The van der Waals surface area contributed by atoms with Crippen LogP contribution >= 0.6 is 0 Å². The molecule has 0 radical (unpaired) electrons. The molecule has 0 bridgehead atoms. The molecule has 0 aliphatic carbocycles. The molecule has 0 unspecified atom stereocenters. The minimum absolute atomic E-state index is 0.310. The number of benzene rings is 1. The van der Waals surface area contributed by atoms with Crippen molar-refractivity contribution in [3.63, 3.8) is 0 Å². The highest BCUT2D eigenvalue weighted by Crippen LogP contribution is 2.12. The number of hydrogen-bond acceptors (Lipinski definition) is 0. The smallest absolute Gasteiger partial charge is 0.138 e. The van der Waals surface area contributed by atoms with Crippen molar-refractivity contribution in [2.45, 2.75) is 20.3 Å². The Labute approximate surface area is 78.8 Å². The largest absolute Gasteiger partial charge is 0.206 e. The van der Waals surface area contributed by atoms with Gasteiger partial charge in [0, 0.05) is 0 Å². The molecule has 0 N–H and O–H groups in total. The van der Waals surface area contributed by atoms with Gasteiger partial charge < -0.3 is 0 Å². The zero-order chi connectivity index (χ0) is 9.84. The summed E-state index contributed by atoms with van der Waals surface area (Å²) in [7, 11) is 0. The van der Waals surface area contributed by atoms with Crippen molar-refractivity contribution in [3.8, 4) is 12.3 Å². The van der Waals surface area contributed by atoms with Crippen molar-refractivity contribution in [1.82, 2.24) is 0 Å². The highest BCUT2D eigenvalue weighted by molar-refractivity contribution is 5.36. The molecule has 0 heterocycles. The monoisotopic (exact) mass is 176 g/mol. The van der Waals surface area contributed by atoms with Gasteiger partial charge in [0.25, 0.3) is 0 Å². The van der Waals surface area contributed by atoms with E-state index in [0.717, 1.165) is 12.0 Å². The highest BCUT2D eigenvalue weighted by Gasteiger charge is 2.02. The topological polar surface area (TPSA) is 0 Å². The average Bonchev–Trinajstić information content (AvgIpc) is 2.07. The van der Waals surface area contributed by atoms with Crippen LogP contribution in [0, 0.1) is 24.1 Å². The van der Waals surface area contributed by atoms with Crippen LogP contribution in [0.25, 0.3) is 0 Å². The van der Waals surface area contributed by atoms with Crippen LogP contribution in [0.1, 0.15) is 25.0 Å². The van der Waals surface area contributed by atoms with Crippen molar-refractivity contribution in [2.75, 3.05) is 0 Å². The molecule has 0 aromatic heterocycles. The second-order valence-corrected chi connectivity index (χ2v) is 3.56. The molecule has 1 rings (SSSR count). The predicted molar refractivity (Wildman–Crippen MR) is 52.9 cm³/mol. The summed E-state index contributed by atoms with van der Waals surface area (Å²) < 4.78 is 13.0. The first-order valence-electron chi connectivity index (χ1n) is 4.38. The maximum Gasteiger partial charge on any atom is 0.138 e. The van der Waals surface area contributed by atoms with E-state index in [9.17, 15) is 4.39 Å². The van der Waals surface area contributed by atoms with Gasteiger partial charge in [-0.2, -0.15) is 0 Å². The second kappa shape index (κ2) is 4.09. The SMILES string of the molecule is C#Cc1cc(CC(C)C)ccc1F. The Morgan fingerprint density at radius 3 is 2.69 bits per heavy atom. The van der Waals surface area contributed by atoms with E-state index in [1.165, 1.54) is 6.07 Å². The Morgan fingerprint density at radius 2 is 2.15 bits per heavy atom. The Hall–Kier alpha value is -1.29. The second-order valence-electron chi connectivity index (χ2n) is 3.56. The van der Waals surface area contributed by atoms with Crippen LogP contribution in [0.15, 0.2) is 18.2 Å². The molecule has 68 valence electrons. The lowest BCUT2D eigenvalue weighted by Crippen LogP contribution is -1.95. The summed E-state index contributed by atoms with van der Waals surface area (Å²) in [6.45, 7) is 4.25. The van der Waals surface area contributed by atoms with Gasteiger partial charge >= 0.3 is 0 Å². The van der Waals surface area contributed by atoms with E-state index in [-0.39, 0.29) is 5.82 Å². The fourth-order valence-corrected chi connectivity index (χ4v) is 1.28. The third kappa shape index (κ3) is 2.59. The van der Waals surface area contributed by atoms with Crippen LogP contribution in [0.2, 0.25) is 0 Å². The van der Waals surface area contributed by atoms with E-state index in [4.69, 9.17) is 6.42 Å². The van der Waals surface area contributed by atoms with Gasteiger partial charge in [-0.05, 0) is 30.0 Å². The first-order valence-corrected chi connectivity index (χ1v) is 4.38. The van der Waals surface area contributed by atoms with Gasteiger partial charge in [-0.15, -0.1) is 6.42 Å². The molecule has 0 spiro atoms.